The maximum absolute atomic E-state index is 2.34. The lowest BCUT2D eigenvalue weighted by Gasteiger charge is -2.25. The van der Waals surface area contributed by atoms with Crippen LogP contribution in [0.5, 0.6) is 0 Å². The molecule has 0 saturated heterocycles. The standard InChI is InChI=1S/C21H23N/c1-22(2)20(15-17-9-4-3-5-10-17)16-19-13-8-12-18-11-6-7-14-21(18)19/h3-14,20H,15-16H2,1-2H3. The first kappa shape index (κ1) is 14.8. The topological polar surface area (TPSA) is 3.24 Å². The summed E-state index contributed by atoms with van der Waals surface area (Å²) in [6.45, 7) is 0. The van der Waals surface area contributed by atoms with E-state index in [4.69, 9.17) is 0 Å². The molecular formula is C21H23N. The van der Waals surface area contributed by atoms with Crippen LogP contribution in [0.2, 0.25) is 0 Å². The average molecular weight is 289 g/mol. The highest BCUT2D eigenvalue weighted by atomic mass is 15.1. The highest BCUT2D eigenvalue weighted by Gasteiger charge is 2.14. The quantitative estimate of drug-likeness (QED) is 0.666. The van der Waals surface area contributed by atoms with Gasteiger partial charge in [-0.25, -0.2) is 0 Å². The third-order valence-corrected chi connectivity index (χ3v) is 4.38. The van der Waals surface area contributed by atoms with Crippen molar-refractivity contribution in [3.8, 4) is 0 Å². The molecule has 0 heterocycles. The second-order valence-electron chi connectivity index (χ2n) is 6.15. The second kappa shape index (κ2) is 6.76. The van der Waals surface area contributed by atoms with E-state index in [-0.39, 0.29) is 0 Å². The molecule has 0 bridgehead atoms. The van der Waals surface area contributed by atoms with Crippen LogP contribution in [0.15, 0.2) is 72.8 Å². The molecule has 1 nitrogen and oxygen atoms in total. The Bertz CT molecular complexity index is 726. The molecule has 0 aliphatic carbocycles. The molecule has 0 N–H and O–H groups in total. The van der Waals surface area contributed by atoms with Gasteiger partial charge in [0.15, 0.2) is 0 Å². The summed E-state index contributed by atoms with van der Waals surface area (Å²) < 4.78 is 0. The van der Waals surface area contributed by atoms with Crippen LogP contribution in [0, 0.1) is 0 Å². The highest BCUT2D eigenvalue weighted by Crippen LogP contribution is 2.21. The highest BCUT2D eigenvalue weighted by molar-refractivity contribution is 5.85. The van der Waals surface area contributed by atoms with Crippen molar-refractivity contribution in [1.82, 2.24) is 4.90 Å². The molecule has 0 aromatic heterocycles. The summed E-state index contributed by atoms with van der Waals surface area (Å²) in [6, 6.07) is 26.6. The fourth-order valence-corrected chi connectivity index (χ4v) is 3.05. The van der Waals surface area contributed by atoms with Gasteiger partial charge in [-0.1, -0.05) is 72.8 Å². The van der Waals surface area contributed by atoms with Gasteiger partial charge in [-0.3, -0.25) is 0 Å². The number of hydrogen-bond acceptors (Lipinski definition) is 1. The van der Waals surface area contributed by atoms with Gasteiger partial charge in [-0.05, 0) is 48.8 Å². The largest absolute Gasteiger partial charge is 0.306 e. The minimum atomic E-state index is 0.508. The first-order valence-corrected chi connectivity index (χ1v) is 7.91. The maximum atomic E-state index is 2.34. The number of hydrogen-bond donors (Lipinski definition) is 0. The van der Waals surface area contributed by atoms with Gasteiger partial charge in [0.2, 0.25) is 0 Å². The molecule has 3 rings (SSSR count). The van der Waals surface area contributed by atoms with Crippen LogP contribution in [-0.4, -0.2) is 25.0 Å². The van der Waals surface area contributed by atoms with E-state index in [2.05, 4.69) is 91.8 Å². The minimum absolute atomic E-state index is 0.508. The van der Waals surface area contributed by atoms with Gasteiger partial charge in [-0.15, -0.1) is 0 Å². The Morgan fingerprint density at radius 1 is 0.727 bits per heavy atom. The van der Waals surface area contributed by atoms with Crippen LogP contribution >= 0.6 is 0 Å². The molecule has 112 valence electrons. The van der Waals surface area contributed by atoms with Gasteiger partial charge in [0, 0.05) is 6.04 Å². The van der Waals surface area contributed by atoms with Gasteiger partial charge >= 0.3 is 0 Å². The van der Waals surface area contributed by atoms with Crippen molar-refractivity contribution < 1.29 is 0 Å². The van der Waals surface area contributed by atoms with E-state index < -0.39 is 0 Å². The van der Waals surface area contributed by atoms with E-state index in [0.29, 0.717) is 6.04 Å². The average Bonchev–Trinajstić information content (AvgIpc) is 2.55. The molecule has 3 aromatic rings. The summed E-state index contributed by atoms with van der Waals surface area (Å²) in [5.41, 5.74) is 2.84. The van der Waals surface area contributed by atoms with E-state index in [1.54, 1.807) is 0 Å². The molecule has 1 heteroatoms. The number of benzene rings is 3. The van der Waals surface area contributed by atoms with Crippen molar-refractivity contribution in [2.45, 2.75) is 18.9 Å². The molecular weight excluding hydrogens is 266 g/mol. The molecule has 3 aromatic carbocycles. The van der Waals surface area contributed by atoms with Crippen molar-refractivity contribution >= 4 is 10.8 Å². The van der Waals surface area contributed by atoms with Gasteiger partial charge in [0.1, 0.15) is 0 Å². The van der Waals surface area contributed by atoms with Crippen molar-refractivity contribution in [3.63, 3.8) is 0 Å². The summed E-state index contributed by atoms with van der Waals surface area (Å²) in [4.78, 5) is 2.34. The Hall–Kier alpha value is -2.12. The summed E-state index contributed by atoms with van der Waals surface area (Å²) in [5, 5.41) is 2.71. The fourth-order valence-electron chi connectivity index (χ4n) is 3.05. The summed E-state index contributed by atoms with van der Waals surface area (Å²) in [7, 11) is 4.36. The molecule has 0 aliphatic heterocycles. The number of nitrogens with zero attached hydrogens (tertiary/aromatic N) is 1. The van der Waals surface area contributed by atoms with Crippen molar-refractivity contribution in [2.24, 2.45) is 0 Å². The first-order valence-electron chi connectivity index (χ1n) is 7.91. The van der Waals surface area contributed by atoms with E-state index in [1.807, 2.05) is 0 Å². The smallest absolute Gasteiger partial charge is 0.0170 e. The zero-order valence-electron chi connectivity index (χ0n) is 13.4. The third-order valence-electron chi connectivity index (χ3n) is 4.38. The van der Waals surface area contributed by atoms with E-state index in [1.165, 1.54) is 21.9 Å². The van der Waals surface area contributed by atoms with E-state index >= 15 is 0 Å². The van der Waals surface area contributed by atoms with Crippen molar-refractivity contribution in [2.75, 3.05) is 14.1 Å². The molecule has 0 saturated carbocycles. The second-order valence-corrected chi connectivity index (χ2v) is 6.15. The van der Waals surface area contributed by atoms with E-state index in [0.717, 1.165) is 12.8 Å². The van der Waals surface area contributed by atoms with Gasteiger partial charge in [-0.2, -0.15) is 0 Å². The summed E-state index contributed by atoms with van der Waals surface area (Å²) in [6.07, 6.45) is 2.15. The monoisotopic (exact) mass is 289 g/mol. The molecule has 0 spiro atoms. The van der Waals surface area contributed by atoms with Gasteiger partial charge in [0.05, 0.1) is 0 Å². The molecule has 0 radical (unpaired) electrons. The normalized spacial score (nSPS) is 12.7. The van der Waals surface area contributed by atoms with Gasteiger partial charge in [0.25, 0.3) is 0 Å². The van der Waals surface area contributed by atoms with Crippen molar-refractivity contribution in [1.29, 1.82) is 0 Å². The molecule has 22 heavy (non-hydrogen) atoms. The lowest BCUT2D eigenvalue weighted by Crippen LogP contribution is -2.32. The SMILES string of the molecule is CN(C)C(Cc1ccccc1)Cc1cccc2ccccc12. The molecule has 1 unspecified atom stereocenters. The number of rotatable bonds is 5. The van der Waals surface area contributed by atoms with Crippen LogP contribution < -0.4 is 0 Å². The first-order chi connectivity index (χ1) is 10.7. The van der Waals surface area contributed by atoms with Crippen LogP contribution in [-0.2, 0) is 12.8 Å². The third kappa shape index (κ3) is 3.37. The molecule has 0 fully saturated rings. The van der Waals surface area contributed by atoms with Crippen LogP contribution in [0.25, 0.3) is 10.8 Å². The van der Waals surface area contributed by atoms with Gasteiger partial charge < -0.3 is 4.90 Å². The zero-order valence-corrected chi connectivity index (χ0v) is 13.4. The van der Waals surface area contributed by atoms with Crippen LogP contribution in [0.4, 0.5) is 0 Å². The molecule has 0 amide bonds. The Balaban J connectivity index is 1.87. The number of likely N-dealkylation sites (N-methyl/N-ethyl adjacent to an activating group) is 1. The minimum Gasteiger partial charge on any atom is -0.306 e. The Labute approximate surface area is 133 Å². The molecule has 1 atom stereocenters. The van der Waals surface area contributed by atoms with Crippen molar-refractivity contribution in [3.05, 3.63) is 83.9 Å². The number of fused-ring (bicyclic) bond motifs is 1. The Morgan fingerprint density at radius 2 is 1.41 bits per heavy atom. The fraction of sp³-hybridized carbons (Fsp3) is 0.238. The zero-order chi connectivity index (χ0) is 15.4. The molecule has 0 aliphatic rings. The Morgan fingerprint density at radius 3 is 2.18 bits per heavy atom. The summed E-state index contributed by atoms with van der Waals surface area (Å²) >= 11 is 0. The van der Waals surface area contributed by atoms with Crippen LogP contribution in [0.1, 0.15) is 11.1 Å². The van der Waals surface area contributed by atoms with E-state index in [9.17, 15) is 0 Å². The maximum Gasteiger partial charge on any atom is 0.0170 e. The summed E-state index contributed by atoms with van der Waals surface area (Å²) in [5.74, 6) is 0. The van der Waals surface area contributed by atoms with Crippen LogP contribution in [0.3, 0.4) is 0 Å². The Kier molecular flexibility index (Phi) is 4.55. The predicted octanol–water partition coefficient (Wildman–Crippen LogP) is 4.56. The lowest BCUT2D eigenvalue weighted by atomic mass is 9.94. The lowest BCUT2D eigenvalue weighted by molar-refractivity contribution is 0.290. The predicted molar refractivity (Wildman–Crippen MR) is 95.3 cm³/mol.